The summed E-state index contributed by atoms with van der Waals surface area (Å²) in [5.74, 6) is 0.771. The van der Waals surface area contributed by atoms with E-state index in [9.17, 15) is 4.39 Å². The molecule has 1 aromatic carbocycles. The van der Waals surface area contributed by atoms with Crippen LogP contribution in [0.25, 0.3) is 0 Å². The normalized spacial score (nSPS) is 20.9. The molecule has 2 rings (SSSR count). The number of nitrogens with one attached hydrogen (secondary N) is 1. The van der Waals surface area contributed by atoms with Crippen LogP contribution in [-0.4, -0.2) is 13.7 Å². The predicted octanol–water partition coefficient (Wildman–Crippen LogP) is 1.81. The second kappa shape index (κ2) is 3.34. The molecule has 0 spiro atoms. The molecule has 0 amide bonds. The average Bonchev–Trinajstić information content (AvgIpc) is 2.18. The van der Waals surface area contributed by atoms with Crippen molar-refractivity contribution in [1.29, 1.82) is 0 Å². The standard InChI is InChI=1S/C10H12FNO/c1-13-10-4-2-3-7-8(10)5-12-6-9(7)11/h2-4,9,12H,5-6H2,1H3. The first-order chi connectivity index (χ1) is 6.33. The number of fused-ring (bicyclic) bond motifs is 1. The zero-order chi connectivity index (χ0) is 9.26. The Bertz CT molecular complexity index is 314. The van der Waals surface area contributed by atoms with Crippen molar-refractivity contribution in [1.82, 2.24) is 5.32 Å². The molecule has 0 aliphatic carbocycles. The third-order valence-electron chi connectivity index (χ3n) is 2.35. The Balaban J connectivity index is 2.48. The number of alkyl halides is 1. The quantitative estimate of drug-likeness (QED) is 0.713. The Labute approximate surface area is 76.7 Å². The summed E-state index contributed by atoms with van der Waals surface area (Å²) in [4.78, 5) is 0. The summed E-state index contributed by atoms with van der Waals surface area (Å²) in [6, 6.07) is 5.51. The minimum atomic E-state index is -0.904. The van der Waals surface area contributed by atoms with E-state index in [0.29, 0.717) is 13.1 Å². The summed E-state index contributed by atoms with van der Waals surface area (Å²) in [7, 11) is 1.61. The SMILES string of the molecule is COc1cccc2c1CNCC2F. The van der Waals surface area contributed by atoms with E-state index < -0.39 is 6.17 Å². The van der Waals surface area contributed by atoms with E-state index in [-0.39, 0.29) is 0 Å². The van der Waals surface area contributed by atoms with Gasteiger partial charge in [0.1, 0.15) is 11.9 Å². The third-order valence-corrected chi connectivity index (χ3v) is 2.35. The van der Waals surface area contributed by atoms with Gasteiger partial charge in [0.25, 0.3) is 0 Å². The molecule has 3 heteroatoms. The van der Waals surface area contributed by atoms with E-state index in [4.69, 9.17) is 4.74 Å². The van der Waals surface area contributed by atoms with Gasteiger partial charge in [-0.1, -0.05) is 12.1 Å². The number of rotatable bonds is 1. The van der Waals surface area contributed by atoms with Gasteiger partial charge in [-0.05, 0) is 11.6 Å². The van der Waals surface area contributed by atoms with Crippen LogP contribution in [0, 0.1) is 0 Å². The van der Waals surface area contributed by atoms with Crippen molar-refractivity contribution in [3.63, 3.8) is 0 Å². The summed E-state index contributed by atoms with van der Waals surface area (Å²) >= 11 is 0. The molecule has 1 aliphatic heterocycles. The molecular weight excluding hydrogens is 169 g/mol. The summed E-state index contributed by atoms with van der Waals surface area (Å²) in [6.07, 6.45) is -0.904. The Morgan fingerprint density at radius 1 is 1.54 bits per heavy atom. The van der Waals surface area contributed by atoms with Crippen molar-refractivity contribution >= 4 is 0 Å². The van der Waals surface area contributed by atoms with Gasteiger partial charge in [0, 0.05) is 18.7 Å². The van der Waals surface area contributed by atoms with Crippen LogP contribution < -0.4 is 10.1 Å². The zero-order valence-electron chi connectivity index (χ0n) is 7.51. The fraction of sp³-hybridized carbons (Fsp3) is 0.400. The van der Waals surface area contributed by atoms with Gasteiger partial charge in [0.2, 0.25) is 0 Å². The molecule has 0 saturated carbocycles. The molecule has 0 fully saturated rings. The monoisotopic (exact) mass is 181 g/mol. The molecule has 1 N–H and O–H groups in total. The van der Waals surface area contributed by atoms with Gasteiger partial charge in [-0.25, -0.2) is 4.39 Å². The Morgan fingerprint density at radius 2 is 2.38 bits per heavy atom. The molecule has 1 heterocycles. The van der Waals surface area contributed by atoms with Crippen molar-refractivity contribution in [3.8, 4) is 5.75 Å². The first kappa shape index (κ1) is 8.51. The lowest BCUT2D eigenvalue weighted by molar-refractivity contribution is 0.304. The number of halogens is 1. The highest BCUT2D eigenvalue weighted by molar-refractivity contribution is 5.42. The molecular formula is C10H12FNO. The van der Waals surface area contributed by atoms with Gasteiger partial charge in [0.15, 0.2) is 0 Å². The Hall–Kier alpha value is -1.09. The first-order valence-electron chi connectivity index (χ1n) is 4.33. The molecule has 0 aromatic heterocycles. The largest absolute Gasteiger partial charge is 0.496 e. The van der Waals surface area contributed by atoms with Crippen LogP contribution in [-0.2, 0) is 6.54 Å². The van der Waals surface area contributed by atoms with Crippen LogP contribution in [0.2, 0.25) is 0 Å². The number of hydrogen-bond donors (Lipinski definition) is 1. The van der Waals surface area contributed by atoms with Gasteiger partial charge in [-0.15, -0.1) is 0 Å². The van der Waals surface area contributed by atoms with Crippen molar-refractivity contribution < 1.29 is 9.13 Å². The molecule has 0 bridgehead atoms. The maximum atomic E-state index is 13.4. The molecule has 1 unspecified atom stereocenters. The molecule has 13 heavy (non-hydrogen) atoms. The van der Waals surface area contributed by atoms with Crippen molar-refractivity contribution in [3.05, 3.63) is 29.3 Å². The summed E-state index contributed by atoms with van der Waals surface area (Å²) in [5.41, 5.74) is 1.71. The fourth-order valence-corrected chi connectivity index (χ4v) is 1.69. The maximum absolute atomic E-state index is 13.4. The maximum Gasteiger partial charge on any atom is 0.138 e. The van der Waals surface area contributed by atoms with Crippen molar-refractivity contribution in [2.75, 3.05) is 13.7 Å². The smallest absolute Gasteiger partial charge is 0.138 e. The average molecular weight is 181 g/mol. The van der Waals surface area contributed by atoms with Crippen LogP contribution in [0.3, 0.4) is 0 Å². The van der Waals surface area contributed by atoms with Gasteiger partial charge < -0.3 is 10.1 Å². The highest BCUT2D eigenvalue weighted by Gasteiger charge is 2.21. The molecule has 0 radical (unpaired) electrons. The molecule has 1 atom stereocenters. The topological polar surface area (TPSA) is 21.3 Å². The van der Waals surface area contributed by atoms with Crippen molar-refractivity contribution in [2.24, 2.45) is 0 Å². The highest BCUT2D eigenvalue weighted by Crippen LogP contribution is 2.31. The van der Waals surface area contributed by atoms with Crippen LogP contribution in [0.1, 0.15) is 17.3 Å². The third kappa shape index (κ3) is 1.40. The summed E-state index contributed by atoms with van der Waals surface area (Å²) < 4.78 is 18.5. The molecule has 1 aromatic rings. The van der Waals surface area contributed by atoms with Gasteiger partial charge in [0.05, 0.1) is 7.11 Å². The van der Waals surface area contributed by atoms with E-state index in [0.717, 1.165) is 16.9 Å². The van der Waals surface area contributed by atoms with Crippen LogP contribution in [0.5, 0.6) is 5.75 Å². The van der Waals surface area contributed by atoms with Gasteiger partial charge >= 0.3 is 0 Å². The van der Waals surface area contributed by atoms with Gasteiger partial charge in [-0.2, -0.15) is 0 Å². The van der Waals surface area contributed by atoms with Crippen LogP contribution in [0.15, 0.2) is 18.2 Å². The zero-order valence-corrected chi connectivity index (χ0v) is 7.51. The molecule has 2 nitrogen and oxygen atoms in total. The van der Waals surface area contributed by atoms with E-state index in [1.54, 1.807) is 7.11 Å². The molecule has 1 aliphatic rings. The van der Waals surface area contributed by atoms with Crippen LogP contribution in [0.4, 0.5) is 4.39 Å². The minimum absolute atomic E-state index is 0.403. The van der Waals surface area contributed by atoms with Crippen molar-refractivity contribution in [2.45, 2.75) is 12.7 Å². The molecule has 70 valence electrons. The lowest BCUT2D eigenvalue weighted by Gasteiger charge is -2.22. The number of ether oxygens (including phenoxy) is 1. The summed E-state index contributed by atoms with van der Waals surface area (Å²) in [5, 5.41) is 3.01. The lowest BCUT2D eigenvalue weighted by atomic mass is 9.99. The minimum Gasteiger partial charge on any atom is -0.496 e. The predicted molar refractivity (Wildman–Crippen MR) is 48.5 cm³/mol. The summed E-state index contributed by atoms with van der Waals surface area (Å²) in [6.45, 7) is 1.10. The molecule has 0 saturated heterocycles. The number of benzene rings is 1. The highest BCUT2D eigenvalue weighted by atomic mass is 19.1. The number of methoxy groups -OCH3 is 1. The van der Waals surface area contributed by atoms with E-state index in [2.05, 4.69) is 5.32 Å². The van der Waals surface area contributed by atoms with E-state index >= 15 is 0 Å². The van der Waals surface area contributed by atoms with E-state index in [1.165, 1.54) is 0 Å². The Morgan fingerprint density at radius 3 is 3.15 bits per heavy atom. The Kier molecular flexibility index (Phi) is 2.19. The second-order valence-corrected chi connectivity index (χ2v) is 3.13. The first-order valence-corrected chi connectivity index (χ1v) is 4.33. The lowest BCUT2D eigenvalue weighted by Crippen LogP contribution is -2.26. The van der Waals surface area contributed by atoms with Gasteiger partial charge in [-0.3, -0.25) is 0 Å². The fourth-order valence-electron chi connectivity index (χ4n) is 1.69. The second-order valence-electron chi connectivity index (χ2n) is 3.13. The van der Waals surface area contributed by atoms with Crippen LogP contribution >= 0.6 is 0 Å². The number of hydrogen-bond acceptors (Lipinski definition) is 2. The van der Waals surface area contributed by atoms with E-state index in [1.807, 2.05) is 18.2 Å².